The Morgan fingerprint density at radius 2 is 1.79 bits per heavy atom. The van der Waals surface area contributed by atoms with Crippen molar-refractivity contribution in [1.82, 2.24) is 0 Å². The summed E-state index contributed by atoms with van der Waals surface area (Å²) in [6.45, 7) is 15.8. The Bertz CT molecular complexity index is 1020. The molecule has 186 valence electrons. The Hall–Kier alpha value is -1.58. The summed E-state index contributed by atoms with van der Waals surface area (Å²) in [5, 5.41) is 9.91. The van der Waals surface area contributed by atoms with Crippen LogP contribution in [0.3, 0.4) is 0 Å². The molecule has 6 aliphatic rings. The molecule has 1 heterocycles. The van der Waals surface area contributed by atoms with Crippen molar-refractivity contribution in [3.05, 3.63) is 23.5 Å². The van der Waals surface area contributed by atoms with Crippen LogP contribution < -0.4 is 0 Å². The predicted octanol–water partition coefficient (Wildman–Crippen LogP) is 6.55. The summed E-state index contributed by atoms with van der Waals surface area (Å²) >= 11 is 0. The number of ether oxygens (including phenoxy) is 1. The maximum atomic E-state index is 13.8. The van der Waals surface area contributed by atoms with E-state index < -0.39 is 11.4 Å². The fraction of sp³-hybridized carbons (Fsp3) is 0.800. The lowest BCUT2D eigenvalue weighted by molar-refractivity contribution is -0.148. The summed E-state index contributed by atoms with van der Waals surface area (Å²) in [4.78, 5) is 25.8. The summed E-state index contributed by atoms with van der Waals surface area (Å²) in [5.74, 6) is 2.49. The van der Waals surface area contributed by atoms with Crippen LogP contribution in [0.5, 0.6) is 0 Å². The minimum Gasteiger partial charge on any atom is -0.484 e. The molecule has 0 aromatic carbocycles. The Kier molecular flexibility index (Phi) is 4.57. The number of hydrogen-bond acceptors (Lipinski definition) is 3. The average Bonchev–Trinajstić information content (AvgIpc) is 3.30. The Morgan fingerprint density at radius 1 is 1.06 bits per heavy atom. The number of allylic oxidation sites excluding steroid dienone is 3. The highest BCUT2D eigenvalue weighted by atomic mass is 16.5. The molecule has 0 radical (unpaired) electrons. The van der Waals surface area contributed by atoms with Gasteiger partial charge in [-0.1, -0.05) is 32.9 Å². The van der Waals surface area contributed by atoms with E-state index in [1.54, 1.807) is 0 Å². The molecular formula is C30H42O4. The van der Waals surface area contributed by atoms with Crippen LogP contribution in [0.1, 0.15) is 92.4 Å². The van der Waals surface area contributed by atoms with Gasteiger partial charge in [0.15, 0.2) is 5.76 Å². The van der Waals surface area contributed by atoms with Gasteiger partial charge < -0.3 is 9.84 Å². The largest absolute Gasteiger partial charge is 0.484 e. The molecule has 0 saturated heterocycles. The van der Waals surface area contributed by atoms with Crippen LogP contribution in [-0.2, 0) is 14.3 Å². The van der Waals surface area contributed by atoms with Crippen molar-refractivity contribution in [3.8, 4) is 0 Å². The van der Waals surface area contributed by atoms with Crippen LogP contribution in [-0.4, -0.2) is 22.5 Å². The van der Waals surface area contributed by atoms with Gasteiger partial charge in [0.05, 0.1) is 5.41 Å². The number of ketones is 1. The number of carbonyl (C=O) groups is 2. The molecule has 0 amide bonds. The molecule has 4 nitrogen and oxygen atoms in total. The normalized spacial score (nSPS) is 51.1. The molecule has 34 heavy (non-hydrogen) atoms. The van der Waals surface area contributed by atoms with E-state index in [9.17, 15) is 14.7 Å². The third-order valence-electron chi connectivity index (χ3n) is 12.1. The second kappa shape index (κ2) is 6.79. The van der Waals surface area contributed by atoms with Crippen molar-refractivity contribution in [2.75, 3.05) is 0 Å². The summed E-state index contributed by atoms with van der Waals surface area (Å²) in [7, 11) is 0. The van der Waals surface area contributed by atoms with Crippen LogP contribution in [0.25, 0.3) is 0 Å². The number of aliphatic carboxylic acids is 1. The van der Waals surface area contributed by atoms with Gasteiger partial charge in [0, 0.05) is 17.3 Å². The number of Topliss-reactive ketones (excluding diaryl/α,β-unsaturated/α-hetero) is 1. The maximum absolute atomic E-state index is 13.8. The van der Waals surface area contributed by atoms with Crippen molar-refractivity contribution >= 4 is 11.8 Å². The zero-order valence-electron chi connectivity index (χ0n) is 21.7. The lowest BCUT2D eigenvalue weighted by Crippen LogP contribution is -2.46. The molecule has 4 saturated carbocycles. The lowest BCUT2D eigenvalue weighted by atomic mass is 9.52. The highest BCUT2D eigenvalue weighted by Gasteiger charge is 2.68. The van der Waals surface area contributed by atoms with E-state index in [-0.39, 0.29) is 28.6 Å². The van der Waals surface area contributed by atoms with E-state index in [0.29, 0.717) is 47.7 Å². The van der Waals surface area contributed by atoms with Crippen LogP contribution in [0.15, 0.2) is 23.5 Å². The van der Waals surface area contributed by atoms with Gasteiger partial charge in [0.25, 0.3) is 0 Å². The predicted molar refractivity (Wildman–Crippen MR) is 131 cm³/mol. The molecule has 4 fully saturated rings. The summed E-state index contributed by atoms with van der Waals surface area (Å²) < 4.78 is 6.85. The van der Waals surface area contributed by atoms with Gasteiger partial charge in [0.2, 0.25) is 5.78 Å². The number of rotatable bonds is 1. The molecule has 6 rings (SSSR count). The molecule has 0 aromatic heterocycles. The fourth-order valence-electron chi connectivity index (χ4n) is 9.87. The summed E-state index contributed by atoms with van der Waals surface area (Å²) in [5.41, 5.74) is 1.83. The highest BCUT2D eigenvalue weighted by molar-refractivity contribution is 6.01. The zero-order valence-corrected chi connectivity index (χ0v) is 21.7. The standard InChI is InChI=1S/C30H42O4/c1-16-7-8-18-12-22-25(34-29(18,5)10-9-20-19(16)14-27(20,2)3)24(31)21-11-17-13-28(4,26(32)33)15-23(17)30(21,22)6/h17-21,23H,1,7-15H2,2-6H3,(H,32,33)/t17-,18-,19-,20-,21-,23+,28-,29+,30-/m0/s1. The zero-order chi connectivity index (χ0) is 24.4. The molecule has 1 aliphatic heterocycles. The fourth-order valence-corrected chi connectivity index (χ4v) is 9.87. The Labute approximate surface area is 204 Å². The van der Waals surface area contributed by atoms with Gasteiger partial charge in [-0.3, -0.25) is 9.59 Å². The Morgan fingerprint density at radius 3 is 2.47 bits per heavy atom. The van der Waals surface area contributed by atoms with Gasteiger partial charge in [-0.25, -0.2) is 0 Å². The van der Waals surface area contributed by atoms with Gasteiger partial charge in [-0.15, -0.1) is 0 Å². The van der Waals surface area contributed by atoms with E-state index in [0.717, 1.165) is 38.5 Å². The number of fused-ring (bicyclic) bond motifs is 6. The first kappa shape index (κ1) is 22.9. The van der Waals surface area contributed by atoms with Crippen molar-refractivity contribution in [2.24, 2.45) is 51.8 Å². The number of carbonyl (C=O) groups excluding carboxylic acids is 1. The van der Waals surface area contributed by atoms with E-state index in [1.165, 1.54) is 17.6 Å². The lowest BCUT2D eigenvalue weighted by Gasteiger charge is -2.53. The SMILES string of the molecule is C=C1CC[C@H]2CC3=C(O[C@]2(C)CC[C@H]2[C@H]1CC2(C)C)C(=O)[C@@H]1C[C@H]2C[C@](C)(C(=O)O)C[C@H]2[C@]31C. The van der Waals surface area contributed by atoms with Crippen molar-refractivity contribution in [1.29, 1.82) is 0 Å². The third-order valence-corrected chi connectivity index (χ3v) is 12.1. The summed E-state index contributed by atoms with van der Waals surface area (Å²) in [6.07, 6.45) is 8.67. The second-order valence-corrected chi connectivity index (χ2v) is 14.3. The van der Waals surface area contributed by atoms with Gasteiger partial charge in [0.1, 0.15) is 5.60 Å². The topological polar surface area (TPSA) is 63.6 Å². The van der Waals surface area contributed by atoms with E-state index in [4.69, 9.17) is 4.74 Å². The van der Waals surface area contributed by atoms with E-state index >= 15 is 0 Å². The smallest absolute Gasteiger partial charge is 0.309 e. The minimum absolute atomic E-state index is 0.0216. The van der Waals surface area contributed by atoms with Crippen molar-refractivity contribution in [2.45, 2.75) is 98.0 Å². The van der Waals surface area contributed by atoms with Crippen LogP contribution in [0, 0.1) is 51.8 Å². The number of hydrogen-bond donors (Lipinski definition) is 1. The molecule has 0 unspecified atom stereocenters. The molecule has 1 N–H and O–H groups in total. The van der Waals surface area contributed by atoms with Crippen molar-refractivity contribution in [3.63, 3.8) is 0 Å². The molecule has 0 bridgehead atoms. The third kappa shape index (κ3) is 2.77. The average molecular weight is 467 g/mol. The molecule has 5 aliphatic carbocycles. The quantitative estimate of drug-likeness (QED) is 0.445. The molecule has 0 spiro atoms. The monoisotopic (exact) mass is 466 g/mol. The number of carboxylic acid groups (broad SMARTS) is 1. The van der Waals surface area contributed by atoms with Crippen LogP contribution in [0.2, 0.25) is 0 Å². The summed E-state index contributed by atoms with van der Waals surface area (Å²) in [6, 6.07) is 0. The van der Waals surface area contributed by atoms with Crippen LogP contribution in [0.4, 0.5) is 0 Å². The number of carboxylic acids is 1. The molecule has 4 heteroatoms. The minimum atomic E-state index is -0.680. The van der Waals surface area contributed by atoms with Gasteiger partial charge >= 0.3 is 5.97 Å². The molecule has 9 atom stereocenters. The van der Waals surface area contributed by atoms with E-state index in [2.05, 4.69) is 34.3 Å². The highest BCUT2D eigenvalue weighted by Crippen LogP contribution is 2.70. The van der Waals surface area contributed by atoms with Crippen LogP contribution >= 0.6 is 0 Å². The molecular weight excluding hydrogens is 424 g/mol. The molecule has 0 aromatic rings. The first-order valence-corrected chi connectivity index (χ1v) is 13.7. The first-order chi connectivity index (χ1) is 15.8. The van der Waals surface area contributed by atoms with Crippen molar-refractivity contribution < 1.29 is 19.4 Å². The maximum Gasteiger partial charge on any atom is 0.309 e. The van der Waals surface area contributed by atoms with E-state index in [1.807, 2.05) is 6.92 Å². The van der Waals surface area contributed by atoms with Gasteiger partial charge in [-0.2, -0.15) is 0 Å². The van der Waals surface area contributed by atoms with Gasteiger partial charge in [-0.05, 0) is 106 Å². The second-order valence-electron chi connectivity index (χ2n) is 14.3. The Balaban J connectivity index is 1.33. The first-order valence-electron chi connectivity index (χ1n) is 13.7.